The van der Waals surface area contributed by atoms with Gasteiger partial charge in [0.25, 0.3) is 0 Å². The second-order valence-corrected chi connectivity index (χ2v) is 6.17. The first-order valence-electron chi connectivity index (χ1n) is 8.81. The normalized spacial score (nSPS) is 17.3. The number of halogens is 2. The van der Waals surface area contributed by atoms with Crippen molar-refractivity contribution in [3.63, 3.8) is 0 Å². The highest BCUT2D eigenvalue weighted by molar-refractivity contribution is 5.80. The van der Waals surface area contributed by atoms with E-state index in [-0.39, 0.29) is 11.8 Å². The Hall–Kier alpha value is -2.90. The van der Waals surface area contributed by atoms with Crippen LogP contribution >= 0.6 is 0 Å². The molecule has 2 N–H and O–H groups in total. The van der Waals surface area contributed by atoms with Crippen molar-refractivity contribution in [3.05, 3.63) is 54.4 Å². The summed E-state index contributed by atoms with van der Waals surface area (Å²) in [5.74, 6) is 0.885. The molecule has 1 aliphatic heterocycles. The molecule has 0 aliphatic carbocycles. The number of nitrogens with zero attached hydrogens (tertiary/aromatic N) is 3. The predicted molar refractivity (Wildman–Crippen MR) is 101 cm³/mol. The zero-order valence-corrected chi connectivity index (χ0v) is 15.1. The summed E-state index contributed by atoms with van der Waals surface area (Å²) >= 11 is 0. The van der Waals surface area contributed by atoms with Crippen LogP contribution in [-0.4, -0.2) is 43.7 Å². The molecule has 0 radical (unpaired) electrons. The highest BCUT2D eigenvalue weighted by Crippen LogP contribution is 2.31. The van der Waals surface area contributed by atoms with Gasteiger partial charge in [-0.15, -0.1) is 0 Å². The molecule has 1 saturated heterocycles. The predicted octanol–water partition coefficient (Wildman–Crippen LogP) is 2.63. The Labute approximate surface area is 157 Å². The minimum Gasteiger partial charge on any atom is -0.433 e. The lowest BCUT2D eigenvalue weighted by Gasteiger charge is -2.22. The van der Waals surface area contributed by atoms with Gasteiger partial charge in [0.05, 0.1) is 17.9 Å². The van der Waals surface area contributed by atoms with Gasteiger partial charge < -0.3 is 20.3 Å². The third-order valence-corrected chi connectivity index (χ3v) is 4.34. The molecule has 1 atom stereocenters. The molecule has 1 aromatic carbocycles. The van der Waals surface area contributed by atoms with E-state index in [1.807, 2.05) is 29.2 Å². The largest absolute Gasteiger partial charge is 0.433 e. The van der Waals surface area contributed by atoms with Crippen molar-refractivity contribution in [2.45, 2.75) is 25.6 Å². The van der Waals surface area contributed by atoms with E-state index in [0.717, 1.165) is 18.7 Å². The fourth-order valence-electron chi connectivity index (χ4n) is 3.08. The van der Waals surface area contributed by atoms with Gasteiger partial charge >= 0.3 is 6.61 Å². The Balaban J connectivity index is 1.56. The summed E-state index contributed by atoms with van der Waals surface area (Å²) in [5, 5.41) is 6.62. The van der Waals surface area contributed by atoms with Gasteiger partial charge in [-0.2, -0.15) is 8.78 Å². The zero-order chi connectivity index (χ0) is 19.1. The molecule has 8 heteroatoms. The van der Waals surface area contributed by atoms with Gasteiger partial charge in [-0.05, 0) is 30.7 Å². The molecule has 0 amide bonds. The lowest BCUT2D eigenvalue weighted by molar-refractivity contribution is -0.0495. The second kappa shape index (κ2) is 9.16. The van der Waals surface area contributed by atoms with E-state index in [9.17, 15) is 8.78 Å². The van der Waals surface area contributed by atoms with Gasteiger partial charge in [0, 0.05) is 32.4 Å². The van der Waals surface area contributed by atoms with Crippen LogP contribution in [0.2, 0.25) is 0 Å². The van der Waals surface area contributed by atoms with Crippen LogP contribution in [0.3, 0.4) is 0 Å². The first-order valence-corrected chi connectivity index (χ1v) is 8.81. The van der Waals surface area contributed by atoms with Crippen molar-refractivity contribution in [3.8, 4) is 5.75 Å². The molecule has 0 spiro atoms. The lowest BCUT2D eigenvalue weighted by Crippen LogP contribution is -2.44. The molecule has 2 heterocycles. The molecule has 1 fully saturated rings. The number of nitrogens with one attached hydrogen (secondary N) is 2. The fourth-order valence-corrected chi connectivity index (χ4v) is 3.08. The van der Waals surface area contributed by atoms with Gasteiger partial charge in [-0.3, -0.25) is 9.98 Å². The highest BCUT2D eigenvalue weighted by Gasteiger charge is 2.26. The van der Waals surface area contributed by atoms with Crippen LogP contribution in [0.1, 0.15) is 12.1 Å². The van der Waals surface area contributed by atoms with Gasteiger partial charge in [0.15, 0.2) is 5.96 Å². The Bertz CT molecular complexity index is 757. The number of pyridine rings is 1. The van der Waals surface area contributed by atoms with Crippen molar-refractivity contribution in [2.75, 3.05) is 25.0 Å². The average Bonchev–Trinajstić information content (AvgIpc) is 3.14. The second-order valence-electron chi connectivity index (χ2n) is 6.17. The number of guanidine groups is 1. The molecule has 1 aromatic heterocycles. The summed E-state index contributed by atoms with van der Waals surface area (Å²) in [7, 11) is 1.71. The number of benzene rings is 1. The number of aromatic nitrogens is 1. The Kier molecular flexibility index (Phi) is 6.40. The third-order valence-electron chi connectivity index (χ3n) is 4.34. The molecule has 144 valence electrons. The molecule has 27 heavy (non-hydrogen) atoms. The monoisotopic (exact) mass is 375 g/mol. The topological polar surface area (TPSA) is 61.8 Å². The number of aliphatic imine (C=N–C) groups is 1. The van der Waals surface area contributed by atoms with E-state index < -0.39 is 6.61 Å². The number of ether oxygens (including phenoxy) is 1. The summed E-state index contributed by atoms with van der Waals surface area (Å²) in [4.78, 5) is 10.6. The number of hydrogen-bond acceptors (Lipinski definition) is 4. The molecular formula is C19H23F2N5O. The maximum absolute atomic E-state index is 12.6. The molecule has 1 unspecified atom stereocenters. The van der Waals surface area contributed by atoms with Gasteiger partial charge in [-0.25, -0.2) is 0 Å². The number of anilines is 1. The first kappa shape index (κ1) is 18.9. The van der Waals surface area contributed by atoms with Crippen molar-refractivity contribution >= 4 is 11.6 Å². The van der Waals surface area contributed by atoms with Gasteiger partial charge in [0.2, 0.25) is 0 Å². The fraction of sp³-hybridized carbons (Fsp3) is 0.368. The first-order chi connectivity index (χ1) is 13.2. The summed E-state index contributed by atoms with van der Waals surface area (Å²) in [5.41, 5.74) is 1.60. The summed E-state index contributed by atoms with van der Waals surface area (Å²) < 4.78 is 29.9. The Morgan fingerprint density at radius 1 is 1.30 bits per heavy atom. The quantitative estimate of drug-likeness (QED) is 0.600. The van der Waals surface area contributed by atoms with E-state index in [1.54, 1.807) is 31.4 Å². The summed E-state index contributed by atoms with van der Waals surface area (Å²) in [6.45, 7) is -0.841. The van der Waals surface area contributed by atoms with Gasteiger partial charge in [-0.1, -0.05) is 18.2 Å². The van der Waals surface area contributed by atoms with Crippen molar-refractivity contribution in [2.24, 2.45) is 4.99 Å². The minimum absolute atomic E-state index is 0.152. The number of rotatable bonds is 6. The Morgan fingerprint density at radius 2 is 2.11 bits per heavy atom. The van der Waals surface area contributed by atoms with E-state index in [2.05, 4.69) is 25.3 Å². The number of alkyl halides is 2. The minimum atomic E-state index is -2.84. The van der Waals surface area contributed by atoms with Crippen LogP contribution in [0.4, 0.5) is 14.5 Å². The molecule has 0 saturated carbocycles. The van der Waals surface area contributed by atoms with E-state index in [4.69, 9.17) is 0 Å². The molecule has 2 aromatic rings. The van der Waals surface area contributed by atoms with E-state index >= 15 is 0 Å². The van der Waals surface area contributed by atoms with Crippen LogP contribution in [-0.2, 0) is 6.54 Å². The summed E-state index contributed by atoms with van der Waals surface area (Å²) in [6.07, 6.45) is 2.62. The lowest BCUT2D eigenvalue weighted by atomic mass is 10.2. The highest BCUT2D eigenvalue weighted by atomic mass is 19.3. The maximum Gasteiger partial charge on any atom is 0.387 e. The van der Waals surface area contributed by atoms with Crippen LogP contribution in [0.5, 0.6) is 5.75 Å². The van der Waals surface area contributed by atoms with Crippen LogP contribution in [0, 0.1) is 0 Å². The third kappa shape index (κ3) is 5.29. The van der Waals surface area contributed by atoms with Crippen LogP contribution in [0.15, 0.2) is 53.7 Å². The van der Waals surface area contributed by atoms with Crippen LogP contribution in [0.25, 0.3) is 0 Å². The Morgan fingerprint density at radius 3 is 2.85 bits per heavy atom. The van der Waals surface area contributed by atoms with E-state index in [1.165, 1.54) is 0 Å². The molecule has 3 rings (SSSR count). The molecule has 6 nitrogen and oxygen atoms in total. The van der Waals surface area contributed by atoms with E-state index in [0.29, 0.717) is 24.7 Å². The molecular weight excluding hydrogens is 352 g/mol. The molecule has 0 bridgehead atoms. The molecule has 1 aliphatic rings. The zero-order valence-electron chi connectivity index (χ0n) is 15.1. The SMILES string of the molecule is CN=C(NCc1ccccn1)NC1CCN(c2ccccc2OC(F)F)C1. The number of hydrogen-bond donors (Lipinski definition) is 2. The summed E-state index contributed by atoms with van der Waals surface area (Å²) in [6, 6.07) is 12.8. The maximum atomic E-state index is 12.6. The van der Waals surface area contributed by atoms with Gasteiger partial charge in [0.1, 0.15) is 5.75 Å². The van der Waals surface area contributed by atoms with Crippen molar-refractivity contribution in [1.82, 2.24) is 15.6 Å². The van der Waals surface area contributed by atoms with Crippen molar-refractivity contribution in [1.29, 1.82) is 0 Å². The average molecular weight is 375 g/mol. The number of para-hydroxylation sites is 2. The standard InChI is InChI=1S/C19H23F2N5O/c1-22-19(24-12-14-6-4-5-10-23-14)25-15-9-11-26(13-15)16-7-2-3-8-17(16)27-18(20)21/h2-8,10,15,18H,9,11-13H2,1H3,(H2,22,24,25). The van der Waals surface area contributed by atoms with Crippen molar-refractivity contribution < 1.29 is 13.5 Å². The van der Waals surface area contributed by atoms with Crippen LogP contribution < -0.4 is 20.3 Å². The smallest absolute Gasteiger partial charge is 0.387 e.